The highest BCUT2D eigenvalue weighted by Crippen LogP contribution is 2.28. The summed E-state index contributed by atoms with van der Waals surface area (Å²) < 4.78 is 1.82. The summed E-state index contributed by atoms with van der Waals surface area (Å²) in [4.78, 5) is 25.1. The summed E-state index contributed by atoms with van der Waals surface area (Å²) in [7, 11) is 3.39. The third-order valence-corrected chi connectivity index (χ3v) is 3.48. The molecule has 0 aliphatic rings. The van der Waals surface area contributed by atoms with Gasteiger partial charge in [-0.3, -0.25) is 10.1 Å². The van der Waals surface area contributed by atoms with E-state index in [9.17, 15) is 9.59 Å². The molecule has 2 N–H and O–H groups in total. The first-order valence-electron chi connectivity index (χ1n) is 8.18. The van der Waals surface area contributed by atoms with Crippen LogP contribution in [0.5, 0.6) is 0 Å². The Morgan fingerprint density at radius 3 is 2.21 bits per heavy atom. The molecule has 0 atom stereocenters. The monoisotopic (exact) mass is 337 g/mol. The second kappa shape index (κ2) is 7.23. The van der Waals surface area contributed by atoms with Crippen molar-refractivity contribution in [1.29, 1.82) is 0 Å². The van der Waals surface area contributed by atoms with Gasteiger partial charge in [-0.05, 0) is 20.8 Å². The molecule has 0 unspecified atom stereocenters. The quantitative estimate of drug-likeness (QED) is 0.886. The maximum Gasteiger partial charge on any atom is 0.320 e. The van der Waals surface area contributed by atoms with Crippen LogP contribution in [0.25, 0.3) is 0 Å². The van der Waals surface area contributed by atoms with Crippen molar-refractivity contribution in [1.82, 2.24) is 20.0 Å². The molecule has 0 radical (unpaired) electrons. The number of carbonyl (C=O) groups is 2. The van der Waals surface area contributed by atoms with E-state index in [4.69, 9.17) is 0 Å². The molecule has 1 rings (SSSR count). The van der Waals surface area contributed by atoms with Crippen LogP contribution in [-0.2, 0) is 15.7 Å². The van der Waals surface area contributed by atoms with Crippen LogP contribution in [0.1, 0.15) is 53.7 Å². The summed E-state index contributed by atoms with van der Waals surface area (Å²) in [5.74, 6) is 0.619. The number of anilines is 1. The van der Waals surface area contributed by atoms with Gasteiger partial charge in [0.1, 0.15) is 5.82 Å². The van der Waals surface area contributed by atoms with Crippen LogP contribution >= 0.6 is 0 Å². The minimum Gasteiger partial charge on any atom is -0.349 e. The average molecular weight is 337 g/mol. The Kier molecular flexibility index (Phi) is 6.03. The summed E-state index contributed by atoms with van der Waals surface area (Å²) >= 11 is 0. The fraction of sp³-hybridized carbons (Fsp3) is 0.706. The first-order valence-corrected chi connectivity index (χ1v) is 8.18. The number of amides is 3. The molecule has 1 aromatic rings. The molecule has 1 aromatic heterocycles. The van der Waals surface area contributed by atoms with Gasteiger partial charge in [0, 0.05) is 38.5 Å². The Balaban J connectivity index is 2.81. The lowest BCUT2D eigenvalue weighted by atomic mass is 9.92. The number of urea groups is 1. The van der Waals surface area contributed by atoms with Gasteiger partial charge in [0.2, 0.25) is 5.91 Å². The molecule has 0 saturated heterocycles. The summed E-state index contributed by atoms with van der Waals surface area (Å²) in [5.41, 5.74) is 0.546. The molecule has 136 valence electrons. The Labute approximate surface area is 144 Å². The maximum absolute atomic E-state index is 12.1. The minimum absolute atomic E-state index is 0.0231. The molecule has 0 saturated carbocycles. The van der Waals surface area contributed by atoms with Gasteiger partial charge >= 0.3 is 6.03 Å². The first-order chi connectivity index (χ1) is 10.8. The number of rotatable bonds is 4. The topological polar surface area (TPSA) is 79.3 Å². The van der Waals surface area contributed by atoms with Crippen molar-refractivity contribution in [2.75, 3.05) is 26.0 Å². The third-order valence-electron chi connectivity index (χ3n) is 3.48. The van der Waals surface area contributed by atoms with Crippen molar-refractivity contribution in [2.24, 2.45) is 0 Å². The molecule has 0 fully saturated rings. The lowest BCUT2D eigenvalue weighted by Gasteiger charge is -2.23. The van der Waals surface area contributed by atoms with Gasteiger partial charge in [-0.15, -0.1) is 0 Å². The largest absolute Gasteiger partial charge is 0.349 e. The number of nitrogens with one attached hydrogen (secondary N) is 2. The van der Waals surface area contributed by atoms with Crippen molar-refractivity contribution in [3.8, 4) is 0 Å². The highest BCUT2D eigenvalue weighted by atomic mass is 16.2. The molecule has 0 aromatic carbocycles. The summed E-state index contributed by atoms with van der Waals surface area (Å²) in [5, 5.41) is 10.2. The predicted octanol–water partition coefficient (Wildman–Crippen LogP) is 2.54. The van der Waals surface area contributed by atoms with Crippen molar-refractivity contribution in [2.45, 2.75) is 58.9 Å². The summed E-state index contributed by atoms with van der Waals surface area (Å²) in [6, 6.07) is 1.56. The van der Waals surface area contributed by atoms with Gasteiger partial charge < -0.3 is 10.2 Å². The Bertz CT molecular complexity index is 591. The fourth-order valence-electron chi connectivity index (χ4n) is 2.02. The van der Waals surface area contributed by atoms with Gasteiger partial charge in [-0.25, -0.2) is 9.48 Å². The Morgan fingerprint density at radius 1 is 1.17 bits per heavy atom. The highest BCUT2D eigenvalue weighted by molar-refractivity contribution is 5.88. The molecular formula is C17H31N5O2. The smallest absolute Gasteiger partial charge is 0.320 e. The van der Waals surface area contributed by atoms with Crippen molar-refractivity contribution >= 4 is 17.8 Å². The van der Waals surface area contributed by atoms with E-state index in [1.54, 1.807) is 14.1 Å². The normalized spacial score (nSPS) is 12.0. The molecule has 1 heterocycles. The molecule has 7 heteroatoms. The molecule has 24 heavy (non-hydrogen) atoms. The molecule has 3 amide bonds. The van der Waals surface area contributed by atoms with Gasteiger partial charge in [-0.2, -0.15) is 5.10 Å². The standard InChI is InChI=1S/C17H31N5O2/c1-16(2,3)12-11-13(22(20-12)17(4,5)6)19-15(24)18-10-9-14(23)21(7)8/h11H,9-10H2,1-8H3,(H2,18,19,24). The van der Waals surface area contributed by atoms with E-state index >= 15 is 0 Å². The Morgan fingerprint density at radius 2 is 1.75 bits per heavy atom. The number of hydrogen-bond acceptors (Lipinski definition) is 3. The predicted molar refractivity (Wildman–Crippen MR) is 96.3 cm³/mol. The van der Waals surface area contributed by atoms with E-state index in [0.29, 0.717) is 12.4 Å². The van der Waals surface area contributed by atoms with Crippen LogP contribution in [0, 0.1) is 0 Å². The van der Waals surface area contributed by atoms with E-state index in [0.717, 1.165) is 5.69 Å². The summed E-state index contributed by atoms with van der Waals surface area (Å²) in [6.07, 6.45) is 0.270. The third kappa shape index (κ3) is 5.54. The van der Waals surface area contributed by atoms with Gasteiger partial charge in [-0.1, -0.05) is 20.8 Å². The number of carbonyl (C=O) groups excluding carboxylic acids is 2. The van der Waals surface area contributed by atoms with Crippen LogP contribution in [0.3, 0.4) is 0 Å². The van der Waals surface area contributed by atoms with Crippen molar-refractivity contribution in [3.63, 3.8) is 0 Å². The van der Waals surface area contributed by atoms with E-state index < -0.39 is 0 Å². The van der Waals surface area contributed by atoms with E-state index in [1.807, 2.05) is 31.5 Å². The second-order valence-electron chi connectivity index (χ2n) is 8.17. The van der Waals surface area contributed by atoms with Crippen molar-refractivity contribution < 1.29 is 9.59 Å². The van der Waals surface area contributed by atoms with E-state index in [1.165, 1.54) is 4.90 Å². The molecule has 0 aliphatic heterocycles. The molecule has 7 nitrogen and oxygen atoms in total. The zero-order valence-electron chi connectivity index (χ0n) is 16.1. The SMILES string of the molecule is CN(C)C(=O)CCNC(=O)Nc1cc(C(C)(C)C)nn1C(C)(C)C. The van der Waals surface area contributed by atoms with Gasteiger partial charge in [0.15, 0.2) is 0 Å². The van der Waals surface area contributed by atoms with Crippen LogP contribution in [0.2, 0.25) is 0 Å². The Hall–Kier alpha value is -2.05. The van der Waals surface area contributed by atoms with Gasteiger partial charge in [0.25, 0.3) is 0 Å². The van der Waals surface area contributed by atoms with Crippen molar-refractivity contribution in [3.05, 3.63) is 11.8 Å². The van der Waals surface area contributed by atoms with Gasteiger partial charge in [0.05, 0.1) is 11.2 Å². The molecule has 0 bridgehead atoms. The van der Waals surface area contributed by atoms with Crippen LogP contribution in [0.15, 0.2) is 6.07 Å². The van der Waals surface area contributed by atoms with Crippen LogP contribution in [0.4, 0.5) is 10.6 Å². The summed E-state index contributed by atoms with van der Waals surface area (Å²) in [6.45, 7) is 12.6. The zero-order chi connectivity index (χ0) is 18.7. The van der Waals surface area contributed by atoms with Crippen LogP contribution < -0.4 is 10.6 Å². The molecule has 0 aliphatic carbocycles. The minimum atomic E-state index is -0.340. The number of nitrogens with zero attached hydrogens (tertiary/aromatic N) is 3. The van der Waals surface area contributed by atoms with E-state index in [2.05, 4.69) is 36.5 Å². The average Bonchev–Trinajstić information content (AvgIpc) is 2.82. The number of aromatic nitrogens is 2. The lowest BCUT2D eigenvalue weighted by molar-refractivity contribution is -0.128. The second-order valence-corrected chi connectivity index (χ2v) is 8.17. The molecule has 0 spiro atoms. The lowest BCUT2D eigenvalue weighted by Crippen LogP contribution is -2.34. The highest BCUT2D eigenvalue weighted by Gasteiger charge is 2.25. The van der Waals surface area contributed by atoms with E-state index in [-0.39, 0.29) is 29.3 Å². The zero-order valence-corrected chi connectivity index (χ0v) is 16.1. The maximum atomic E-state index is 12.1. The number of hydrogen-bond donors (Lipinski definition) is 2. The first kappa shape index (κ1) is 20.0. The fourth-order valence-corrected chi connectivity index (χ4v) is 2.02. The van der Waals surface area contributed by atoms with Crippen LogP contribution in [-0.4, -0.2) is 47.3 Å². The molecular weight excluding hydrogens is 306 g/mol.